The lowest BCUT2D eigenvalue weighted by atomic mass is 9.90. The Balaban J connectivity index is 1.20. The summed E-state index contributed by atoms with van der Waals surface area (Å²) in [6.45, 7) is 5.24. The molecule has 1 aromatic heterocycles. The topological polar surface area (TPSA) is 84.0 Å². The van der Waals surface area contributed by atoms with Gasteiger partial charge in [-0.3, -0.25) is 9.59 Å². The fraction of sp³-hybridized carbons (Fsp3) is 0.500. The van der Waals surface area contributed by atoms with Gasteiger partial charge in [0.05, 0.1) is 5.69 Å². The Labute approximate surface area is 185 Å². The number of hydrogen-bond donors (Lipinski definition) is 1. The maximum Gasteiger partial charge on any atom is 0.231 e. The first-order valence-electron chi connectivity index (χ1n) is 10.8. The summed E-state index contributed by atoms with van der Waals surface area (Å²) in [5, 5.41) is 4.04. The normalized spacial score (nSPS) is 19.8. The third-order valence-corrected chi connectivity index (χ3v) is 7.33. The number of ether oxygens (including phenoxy) is 2. The van der Waals surface area contributed by atoms with E-state index in [0.717, 1.165) is 62.0 Å². The second-order valence-corrected chi connectivity index (χ2v) is 9.15. The number of rotatable bonds is 4. The molecule has 1 atom stereocenters. The number of carbonyl (C=O) groups excluding carboxylic acids is 2. The molecule has 2 amide bonds. The first-order chi connectivity index (χ1) is 15.1. The molecule has 0 spiro atoms. The molecule has 31 heavy (non-hydrogen) atoms. The number of benzene rings is 1. The lowest BCUT2D eigenvalue weighted by Crippen LogP contribution is -2.48. The number of fused-ring (bicyclic) bond motifs is 2. The molecule has 0 radical (unpaired) electrons. The number of amides is 2. The molecule has 0 unspecified atom stereocenters. The lowest BCUT2D eigenvalue weighted by Gasteiger charge is -2.34. The van der Waals surface area contributed by atoms with Gasteiger partial charge in [0.25, 0.3) is 0 Å². The van der Waals surface area contributed by atoms with Crippen LogP contribution in [0.15, 0.2) is 18.2 Å². The van der Waals surface area contributed by atoms with Crippen LogP contribution in [-0.2, 0) is 22.4 Å². The predicted octanol–water partition coefficient (Wildman–Crippen LogP) is 2.67. The van der Waals surface area contributed by atoms with Crippen LogP contribution in [0.3, 0.4) is 0 Å². The SMILES string of the molecule is CCC(=O)N1CCN(c2nc3c(s2)C[C@H](C(=O)Nc2ccc4c(c2)OCO4)CC3)CC1. The summed E-state index contributed by atoms with van der Waals surface area (Å²) >= 11 is 1.70. The molecule has 1 N–H and O–H groups in total. The van der Waals surface area contributed by atoms with E-state index in [0.29, 0.717) is 17.9 Å². The number of carbonyl (C=O) groups is 2. The van der Waals surface area contributed by atoms with Gasteiger partial charge >= 0.3 is 0 Å². The summed E-state index contributed by atoms with van der Waals surface area (Å²) in [4.78, 5) is 35.0. The average molecular weight is 443 g/mol. The van der Waals surface area contributed by atoms with Gasteiger partial charge in [-0.1, -0.05) is 6.92 Å². The number of aryl methyl sites for hydroxylation is 1. The second kappa shape index (κ2) is 8.37. The van der Waals surface area contributed by atoms with Crippen LogP contribution in [0.2, 0.25) is 0 Å². The molecule has 2 aliphatic heterocycles. The third-order valence-electron chi connectivity index (χ3n) is 6.14. The summed E-state index contributed by atoms with van der Waals surface area (Å²) in [7, 11) is 0. The first-order valence-corrected chi connectivity index (χ1v) is 11.6. The molecule has 164 valence electrons. The summed E-state index contributed by atoms with van der Waals surface area (Å²) in [6.07, 6.45) is 2.89. The van der Waals surface area contributed by atoms with Crippen molar-refractivity contribution in [3.8, 4) is 11.5 Å². The van der Waals surface area contributed by atoms with E-state index < -0.39 is 0 Å². The van der Waals surface area contributed by atoms with Gasteiger partial charge in [0.1, 0.15) is 0 Å². The van der Waals surface area contributed by atoms with Crippen molar-refractivity contribution in [2.75, 3.05) is 43.2 Å². The molecule has 8 nitrogen and oxygen atoms in total. The molecule has 0 saturated carbocycles. The van der Waals surface area contributed by atoms with Crippen LogP contribution in [0, 0.1) is 5.92 Å². The van der Waals surface area contributed by atoms with Crippen LogP contribution in [0.1, 0.15) is 30.3 Å². The van der Waals surface area contributed by atoms with E-state index in [1.165, 1.54) is 4.88 Å². The van der Waals surface area contributed by atoms with Crippen molar-refractivity contribution < 1.29 is 19.1 Å². The minimum absolute atomic E-state index is 0.0335. The highest BCUT2D eigenvalue weighted by Gasteiger charge is 2.30. The van der Waals surface area contributed by atoms with Crippen LogP contribution in [0.5, 0.6) is 11.5 Å². The number of nitrogens with zero attached hydrogens (tertiary/aromatic N) is 3. The number of thiazole rings is 1. The zero-order valence-electron chi connectivity index (χ0n) is 17.6. The average Bonchev–Trinajstić information content (AvgIpc) is 3.44. The second-order valence-electron chi connectivity index (χ2n) is 8.08. The predicted molar refractivity (Wildman–Crippen MR) is 118 cm³/mol. The maximum absolute atomic E-state index is 12.9. The summed E-state index contributed by atoms with van der Waals surface area (Å²) < 4.78 is 10.7. The van der Waals surface area contributed by atoms with Gasteiger partial charge in [-0.25, -0.2) is 4.98 Å². The minimum Gasteiger partial charge on any atom is -0.454 e. The third kappa shape index (κ3) is 4.06. The van der Waals surface area contributed by atoms with Crippen LogP contribution in [-0.4, -0.2) is 54.7 Å². The van der Waals surface area contributed by atoms with Crippen LogP contribution in [0.25, 0.3) is 0 Å². The van der Waals surface area contributed by atoms with Crippen molar-refractivity contribution in [1.29, 1.82) is 0 Å². The Morgan fingerprint density at radius 1 is 1.19 bits per heavy atom. The van der Waals surface area contributed by atoms with Crippen LogP contribution < -0.4 is 19.7 Å². The van der Waals surface area contributed by atoms with E-state index in [1.54, 1.807) is 11.3 Å². The van der Waals surface area contributed by atoms with Gasteiger partial charge in [-0.05, 0) is 31.4 Å². The Bertz CT molecular complexity index is 999. The van der Waals surface area contributed by atoms with Crippen molar-refractivity contribution in [3.63, 3.8) is 0 Å². The van der Waals surface area contributed by atoms with E-state index >= 15 is 0 Å². The molecule has 5 rings (SSSR count). The summed E-state index contributed by atoms with van der Waals surface area (Å²) in [6, 6.07) is 5.47. The lowest BCUT2D eigenvalue weighted by molar-refractivity contribution is -0.131. The fourth-order valence-corrected chi connectivity index (χ4v) is 5.55. The van der Waals surface area contributed by atoms with Gasteiger partial charge in [-0.2, -0.15) is 0 Å². The minimum atomic E-state index is -0.0646. The molecule has 3 aliphatic rings. The van der Waals surface area contributed by atoms with Crippen molar-refractivity contribution in [2.24, 2.45) is 5.92 Å². The molecule has 1 aromatic carbocycles. The highest BCUT2D eigenvalue weighted by atomic mass is 32.1. The molecule has 9 heteroatoms. The number of anilines is 2. The summed E-state index contributed by atoms with van der Waals surface area (Å²) in [5.41, 5.74) is 1.85. The Morgan fingerprint density at radius 2 is 2.00 bits per heavy atom. The Kier molecular flexibility index (Phi) is 5.43. The molecule has 1 fully saturated rings. The standard InChI is InChI=1S/C22H26N4O4S/c1-2-20(27)25-7-9-26(10-8-25)22-24-16-5-3-14(11-19(16)31-22)21(28)23-15-4-6-17-18(12-15)30-13-29-17/h4,6,12,14H,2-3,5,7-11,13H2,1H3,(H,23,28)/t14-/m1/s1. The van der Waals surface area contributed by atoms with Crippen molar-refractivity contribution in [1.82, 2.24) is 9.88 Å². The monoisotopic (exact) mass is 442 g/mol. The van der Waals surface area contributed by atoms with E-state index in [4.69, 9.17) is 14.5 Å². The Morgan fingerprint density at radius 3 is 2.81 bits per heavy atom. The fourth-order valence-electron chi connectivity index (χ4n) is 4.31. The smallest absolute Gasteiger partial charge is 0.231 e. The molecular formula is C22H26N4O4S. The zero-order valence-corrected chi connectivity index (χ0v) is 18.4. The van der Waals surface area contributed by atoms with E-state index in [1.807, 2.05) is 30.0 Å². The van der Waals surface area contributed by atoms with E-state index in [-0.39, 0.29) is 24.5 Å². The first kappa shape index (κ1) is 20.1. The largest absolute Gasteiger partial charge is 0.454 e. The van der Waals surface area contributed by atoms with Crippen molar-refractivity contribution >= 4 is 34.0 Å². The Hall–Kier alpha value is -2.81. The molecular weight excluding hydrogens is 416 g/mol. The van der Waals surface area contributed by atoms with Gasteiger partial charge in [0.2, 0.25) is 18.6 Å². The quantitative estimate of drug-likeness (QED) is 0.784. The van der Waals surface area contributed by atoms with Crippen molar-refractivity contribution in [2.45, 2.75) is 32.6 Å². The van der Waals surface area contributed by atoms with Crippen LogP contribution >= 0.6 is 11.3 Å². The number of hydrogen-bond acceptors (Lipinski definition) is 7. The van der Waals surface area contributed by atoms with Gasteiger partial charge < -0.3 is 24.6 Å². The van der Waals surface area contributed by atoms with Crippen LogP contribution in [0.4, 0.5) is 10.8 Å². The van der Waals surface area contributed by atoms with Crippen molar-refractivity contribution in [3.05, 3.63) is 28.8 Å². The molecule has 1 saturated heterocycles. The molecule has 2 aromatic rings. The highest BCUT2D eigenvalue weighted by Crippen LogP contribution is 2.36. The maximum atomic E-state index is 12.9. The number of aromatic nitrogens is 1. The van der Waals surface area contributed by atoms with Gasteiger partial charge in [0, 0.05) is 55.1 Å². The highest BCUT2D eigenvalue weighted by molar-refractivity contribution is 7.15. The van der Waals surface area contributed by atoms with Gasteiger partial charge in [-0.15, -0.1) is 11.3 Å². The molecule has 1 aliphatic carbocycles. The molecule has 3 heterocycles. The zero-order chi connectivity index (χ0) is 21.4. The number of nitrogens with one attached hydrogen (secondary N) is 1. The molecule has 0 bridgehead atoms. The summed E-state index contributed by atoms with van der Waals surface area (Å²) in [5.74, 6) is 1.56. The van der Waals surface area contributed by atoms with E-state index in [2.05, 4.69) is 10.2 Å². The van der Waals surface area contributed by atoms with Gasteiger partial charge in [0.15, 0.2) is 16.6 Å². The number of piperazine rings is 1. The van der Waals surface area contributed by atoms with E-state index in [9.17, 15) is 9.59 Å².